The number of amides is 2. The molecule has 0 aliphatic carbocycles. The molecule has 0 heterocycles. The molecule has 162 valence electrons. The highest BCUT2D eigenvalue weighted by Crippen LogP contribution is 2.19. The summed E-state index contributed by atoms with van der Waals surface area (Å²) in [6, 6.07) is 13.3. The van der Waals surface area contributed by atoms with Gasteiger partial charge in [0, 0.05) is 13.1 Å². The van der Waals surface area contributed by atoms with E-state index in [1.165, 1.54) is 0 Å². The first kappa shape index (κ1) is 23.5. The lowest BCUT2D eigenvalue weighted by Gasteiger charge is -2.31. The number of carbonyl (C=O) groups is 2. The molecule has 5 heteroatoms. The molecule has 5 nitrogen and oxygen atoms in total. The Kier molecular flexibility index (Phi) is 8.90. The maximum Gasteiger partial charge on any atom is 0.242 e. The molecule has 30 heavy (non-hydrogen) atoms. The lowest BCUT2D eigenvalue weighted by atomic mass is 10.0. The van der Waals surface area contributed by atoms with Crippen molar-refractivity contribution in [3.8, 4) is 5.75 Å². The normalized spacial score (nSPS) is 11.6. The van der Waals surface area contributed by atoms with Gasteiger partial charge in [-0.05, 0) is 55.5 Å². The first-order chi connectivity index (χ1) is 14.4. The third-order valence-corrected chi connectivity index (χ3v) is 5.27. The number of nitrogens with zero attached hydrogens (tertiary/aromatic N) is 1. The molecule has 2 rings (SSSR count). The monoisotopic (exact) mass is 410 g/mol. The Morgan fingerprint density at radius 1 is 1.10 bits per heavy atom. The topological polar surface area (TPSA) is 58.6 Å². The molecule has 0 saturated heterocycles. The Morgan fingerprint density at radius 3 is 2.53 bits per heavy atom. The number of hydrogen-bond donors (Lipinski definition) is 1. The summed E-state index contributed by atoms with van der Waals surface area (Å²) in [5, 5.41) is 2.95. The van der Waals surface area contributed by atoms with Gasteiger partial charge in [0.2, 0.25) is 11.8 Å². The highest BCUT2D eigenvalue weighted by molar-refractivity contribution is 5.88. The second-order valence-corrected chi connectivity index (χ2v) is 7.69. The molecule has 1 N–H and O–H groups in total. The van der Waals surface area contributed by atoms with E-state index in [-0.39, 0.29) is 18.2 Å². The quantitative estimate of drug-likeness (QED) is 0.639. The predicted octanol–water partition coefficient (Wildman–Crippen LogP) is 4.19. The van der Waals surface area contributed by atoms with Crippen molar-refractivity contribution in [3.05, 3.63) is 64.7 Å². The third-order valence-electron chi connectivity index (χ3n) is 5.27. The lowest BCUT2D eigenvalue weighted by Crippen LogP contribution is -2.49. The minimum atomic E-state index is -0.514. The zero-order valence-electron chi connectivity index (χ0n) is 18.8. The van der Waals surface area contributed by atoms with Gasteiger partial charge < -0.3 is 15.0 Å². The fraction of sp³-hybridized carbons (Fsp3) is 0.440. The molecule has 0 radical (unpaired) electrons. The molecule has 0 unspecified atom stereocenters. The van der Waals surface area contributed by atoms with Crippen molar-refractivity contribution in [2.24, 2.45) is 0 Å². The smallest absolute Gasteiger partial charge is 0.242 e. The number of methoxy groups -OCH3 is 1. The maximum atomic E-state index is 13.4. The molecular weight excluding hydrogens is 376 g/mol. The van der Waals surface area contributed by atoms with E-state index in [4.69, 9.17) is 4.74 Å². The van der Waals surface area contributed by atoms with E-state index in [1.807, 2.05) is 64.1 Å². The van der Waals surface area contributed by atoms with E-state index in [9.17, 15) is 9.59 Å². The Hall–Kier alpha value is -2.82. The van der Waals surface area contributed by atoms with Crippen molar-refractivity contribution in [3.63, 3.8) is 0 Å². The average molecular weight is 411 g/mol. The summed E-state index contributed by atoms with van der Waals surface area (Å²) < 4.78 is 5.33. The number of nitrogens with one attached hydrogen (secondary N) is 1. The molecule has 2 amide bonds. The minimum Gasteiger partial charge on any atom is -0.497 e. The van der Waals surface area contributed by atoms with E-state index in [2.05, 4.69) is 11.4 Å². The average Bonchev–Trinajstić information content (AvgIpc) is 2.74. The molecular formula is C25H34N2O3. The van der Waals surface area contributed by atoms with E-state index >= 15 is 0 Å². The molecule has 0 aromatic heterocycles. The van der Waals surface area contributed by atoms with Crippen molar-refractivity contribution in [1.82, 2.24) is 10.2 Å². The van der Waals surface area contributed by atoms with Crippen LogP contribution in [0.3, 0.4) is 0 Å². The van der Waals surface area contributed by atoms with Crippen molar-refractivity contribution in [2.75, 3.05) is 13.7 Å². The zero-order valence-corrected chi connectivity index (χ0v) is 18.8. The summed E-state index contributed by atoms with van der Waals surface area (Å²) in [6.07, 6.45) is 1.68. The van der Waals surface area contributed by atoms with Gasteiger partial charge in [-0.1, -0.05) is 49.7 Å². The second kappa shape index (κ2) is 11.4. The predicted molar refractivity (Wildman–Crippen MR) is 121 cm³/mol. The highest BCUT2D eigenvalue weighted by Gasteiger charge is 2.28. The van der Waals surface area contributed by atoms with Gasteiger partial charge in [-0.2, -0.15) is 0 Å². The Bertz CT molecular complexity index is 863. The van der Waals surface area contributed by atoms with E-state index in [0.717, 1.165) is 34.4 Å². The van der Waals surface area contributed by atoms with Gasteiger partial charge in [-0.3, -0.25) is 9.59 Å². The molecule has 0 fully saturated rings. The summed E-state index contributed by atoms with van der Waals surface area (Å²) >= 11 is 0. The molecule has 2 aromatic carbocycles. The van der Waals surface area contributed by atoms with Crippen molar-refractivity contribution in [2.45, 2.75) is 59.5 Å². The lowest BCUT2D eigenvalue weighted by molar-refractivity contribution is -0.140. The summed E-state index contributed by atoms with van der Waals surface area (Å²) in [4.78, 5) is 28.0. The number of rotatable bonds is 10. The fourth-order valence-electron chi connectivity index (χ4n) is 3.51. The van der Waals surface area contributed by atoms with Crippen LogP contribution in [0.15, 0.2) is 42.5 Å². The van der Waals surface area contributed by atoms with Gasteiger partial charge in [0.15, 0.2) is 0 Å². The Morgan fingerprint density at radius 2 is 1.87 bits per heavy atom. The van der Waals surface area contributed by atoms with Gasteiger partial charge in [0.1, 0.15) is 11.8 Å². The Labute approximate surface area is 180 Å². The van der Waals surface area contributed by atoms with Gasteiger partial charge >= 0.3 is 0 Å². The van der Waals surface area contributed by atoms with Gasteiger partial charge in [-0.25, -0.2) is 0 Å². The molecule has 0 spiro atoms. The molecule has 0 aliphatic rings. The molecule has 2 aromatic rings. The van der Waals surface area contributed by atoms with Crippen LogP contribution >= 0.6 is 0 Å². The fourth-order valence-corrected chi connectivity index (χ4v) is 3.51. The second-order valence-electron chi connectivity index (χ2n) is 7.69. The zero-order chi connectivity index (χ0) is 22.1. The molecule has 1 atom stereocenters. The largest absolute Gasteiger partial charge is 0.497 e. The van der Waals surface area contributed by atoms with E-state index in [0.29, 0.717) is 19.5 Å². The van der Waals surface area contributed by atoms with E-state index in [1.54, 1.807) is 12.0 Å². The van der Waals surface area contributed by atoms with Crippen LogP contribution < -0.4 is 10.1 Å². The van der Waals surface area contributed by atoms with Crippen molar-refractivity contribution >= 4 is 11.8 Å². The first-order valence-electron chi connectivity index (χ1n) is 10.7. The summed E-state index contributed by atoms with van der Waals surface area (Å²) in [5.41, 5.74) is 4.14. The van der Waals surface area contributed by atoms with Crippen molar-refractivity contribution < 1.29 is 14.3 Å². The summed E-state index contributed by atoms with van der Waals surface area (Å²) in [6.45, 7) is 8.96. The van der Waals surface area contributed by atoms with Crippen LogP contribution in [-0.2, 0) is 22.6 Å². The minimum absolute atomic E-state index is 0.0509. The van der Waals surface area contributed by atoms with E-state index < -0.39 is 6.04 Å². The van der Waals surface area contributed by atoms with Crippen LogP contribution in [0.2, 0.25) is 0 Å². The van der Waals surface area contributed by atoms with Crippen LogP contribution in [0.25, 0.3) is 0 Å². The SMILES string of the molecule is CCCNC(=O)[C@@H](CC)N(Cc1cccc(OC)c1)C(=O)Cc1cc(C)ccc1C. The molecule has 0 saturated carbocycles. The number of benzene rings is 2. The van der Waals surface area contributed by atoms with Crippen molar-refractivity contribution in [1.29, 1.82) is 0 Å². The number of aryl methyl sites for hydroxylation is 2. The maximum absolute atomic E-state index is 13.4. The van der Waals surface area contributed by atoms with Crippen LogP contribution in [0.4, 0.5) is 0 Å². The number of carbonyl (C=O) groups excluding carboxylic acids is 2. The summed E-state index contributed by atoms with van der Waals surface area (Å²) in [7, 11) is 1.62. The van der Waals surface area contributed by atoms with Crippen LogP contribution in [0.1, 0.15) is 48.9 Å². The Balaban J connectivity index is 2.33. The first-order valence-corrected chi connectivity index (χ1v) is 10.7. The van der Waals surface area contributed by atoms with Gasteiger partial charge in [0.25, 0.3) is 0 Å². The standard InChI is InChI=1S/C25H34N2O3/c1-6-13-26-25(29)23(7-2)27(17-20-9-8-10-22(15-20)30-5)24(28)16-21-14-18(3)11-12-19(21)4/h8-12,14-15,23H,6-7,13,16-17H2,1-5H3,(H,26,29)/t23-/m1/s1. The molecule has 0 bridgehead atoms. The molecule has 0 aliphatic heterocycles. The number of ether oxygens (including phenoxy) is 1. The van der Waals surface area contributed by atoms with Crippen LogP contribution in [-0.4, -0.2) is 36.4 Å². The van der Waals surface area contributed by atoms with Gasteiger partial charge in [-0.15, -0.1) is 0 Å². The van der Waals surface area contributed by atoms with Crippen LogP contribution in [0.5, 0.6) is 5.75 Å². The van der Waals surface area contributed by atoms with Gasteiger partial charge in [0.05, 0.1) is 13.5 Å². The highest BCUT2D eigenvalue weighted by atomic mass is 16.5. The summed E-state index contributed by atoms with van der Waals surface area (Å²) in [5.74, 6) is 0.583. The van der Waals surface area contributed by atoms with Crippen LogP contribution in [0, 0.1) is 13.8 Å². The number of hydrogen-bond acceptors (Lipinski definition) is 3. The third kappa shape index (κ3) is 6.34.